The van der Waals surface area contributed by atoms with Gasteiger partial charge in [-0.15, -0.1) is 6.58 Å². The van der Waals surface area contributed by atoms with E-state index in [0.29, 0.717) is 12.3 Å². The fourth-order valence-electron chi connectivity index (χ4n) is 2.54. The van der Waals surface area contributed by atoms with E-state index in [0.717, 1.165) is 30.8 Å². The molecule has 0 bridgehead atoms. The third-order valence-corrected chi connectivity index (χ3v) is 5.74. The average Bonchev–Trinajstić information content (AvgIpc) is 3.39. The smallest absolute Gasteiger partial charge is 0.212 e. The van der Waals surface area contributed by atoms with Gasteiger partial charge in [0.1, 0.15) is 5.75 Å². The van der Waals surface area contributed by atoms with Crippen LogP contribution in [-0.4, -0.2) is 20.8 Å². The highest BCUT2D eigenvalue weighted by Gasteiger charge is 2.47. The monoisotopic (exact) mass is 321 g/mol. The molecule has 1 N–H and O–H groups in total. The maximum Gasteiger partial charge on any atom is 0.212 e. The molecule has 0 amide bonds. The van der Waals surface area contributed by atoms with Crippen LogP contribution in [0, 0.1) is 5.92 Å². The maximum atomic E-state index is 12.1. The summed E-state index contributed by atoms with van der Waals surface area (Å²) >= 11 is 0. The van der Waals surface area contributed by atoms with Crippen LogP contribution in [0.1, 0.15) is 37.7 Å². The molecule has 2 aliphatic carbocycles. The molecule has 1 aromatic carbocycles. The molecule has 0 heterocycles. The fourth-order valence-corrected chi connectivity index (χ4v) is 4.04. The number of hydrogen-bond acceptors (Lipinski definition) is 3. The van der Waals surface area contributed by atoms with Crippen molar-refractivity contribution in [2.24, 2.45) is 5.92 Å². The van der Waals surface area contributed by atoms with Gasteiger partial charge in [-0.3, -0.25) is 0 Å². The molecule has 0 unspecified atom stereocenters. The molecule has 5 heteroatoms. The summed E-state index contributed by atoms with van der Waals surface area (Å²) in [5.74, 6) is 1.63. The molecule has 2 fully saturated rings. The number of ether oxygens (including phenoxy) is 1. The lowest BCUT2D eigenvalue weighted by molar-refractivity contribution is 0.299. The number of hydrogen-bond donors (Lipinski definition) is 1. The van der Waals surface area contributed by atoms with Crippen LogP contribution in [0.5, 0.6) is 5.75 Å². The molecule has 0 aromatic heterocycles. The number of benzene rings is 1. The minimum atomic E-state index is -3.28. The van der Waals surface area contributed by atoms with Gasteiger partial charge in [-0.25, -0.2) is 13.1 Å². The van der Waals surface area contributed by atoms with Crippen LogP contribution in [0.3, 0.4) is 0 Å². The zero-order valence-corrected chi connectivity index (χ0v) is 13.6. The highest BCUT2D eigenvalue weighted by molar-refractivity contribution is 7.89. The average molecular weight is 321 g/mol. The van der Waals surface area contributed by atoms with Crippen LogP contribution in [0.4, 0.5) is 0 Å². The van der Waals surface area contributed by atoms with Gasteiger partial charge in [0.25, 0.3) is 0 Å². The van der Waals surface area contributed by atoms with E-state index in [1.807, 2.05) is 24.3 Å². The Kier molecular flexibility index (Phi) is 4.28. The van der Waals surface area contributed by atoms with Gasteiger partial charge >= 0.3 is 0 Å². The first-order valence-electron chi connectivity index (χ1n) is 7.89. The largest absolute Gasteiger partial charge is 0.493 e. The van der Waals surface area contributed by atoms with Crippen molar-refractivity contribution in [2.75, 3.05) is 12.4 Å². The number of nitrogens with one attached hydrogen (secondary N) is 1. The Balaban J connectivity index is 1.69. The van der Waals surface area contributed by atoms with Crippen LogP contribution in [0.25, 0.3) is 0 Å². The third kappa shape index (κ3) is 3.90. The molecule has 22 heavy (non-hydrogen) atoms. The second kappa shape index (κ2) is 6.05. The van der Waals surface area contributed by atoms with Gasteiger partial charge in [-0.1, -0.05) is 18.2 Å². The molecule has 3 rings (SSSR count). The van der Waals surface area contributed by atoms with E-state index in [9.17, 15) is 8.42 Å². The Bertz CT molecular complexity index is 646. The van der Waals surface area contributed by atoms with Crippen molar-refractivity contribution in [1.29, 1.82) is 0 Å². The summed E-state index contributed by atoms with van der Waals surface area (Å²) in [6.45, 7) is 4.34. The van der Waals surface area contributed by atoms with Crippen LogP contribution in [-0.2, 0) is 15.6 Å². The van der Waals surface area contributed by atoms with Crippen molar-refractivity contribution >= 4 is 10.0 Å². The van der Waals surface area contributed by atoms with E-state index < -0.39 is 15.6 Å². The van der Waals surface area contributed by atoms with Crippen molar-refractivity contribution in [1.82, 2.24) is 4.72 Å². The molecular weight excluding hydrogens is 298 g/mol. The molecule has 0 spiro atoms. The van der Waals surface area contributed by atoms with Gasteiger partial charge in [0.05, 0.1) is 17.9 Å². The van der Waals surface area contributed by atoms with Crippen LogP contribution in [0.2, 0.25) is 0 Å². The van der Waals surface area contributed by atoms with Gasteiger partial charge in [0, 0.05) is 0 Å². The van der Waals surface area contributed by atoms with Gasteiger partial charge < -0.3 is 4.74 Å². The third-order valence-electron chi connectivity index (χ3n) is 4.26. The first-order chi connectivity index (χ1) is 10.5. The zero-order valence-electron chi connectivity index (χ0n) is 12.8. The van der Waals surface area contributed by atoms with Crippen LogP contribution >= 0.6 is 0 Å². The Morgan fingerprint density at radius 2 is 2.14 bits per heavy atom. The molecule has 4 nitrogen and oxygen atoms in total. The first-order valence-corrected chi connectivity index (χ1v) is 9.54. The Labute approximate surface area is 132 Å². The topological polar surface area (TPSA) is 55.4 Å². The van der Waals surface area contributed by atoms with E-state index in [2.05, 4.69) is 11.3 Å². The van der Waals surface area contributed by atoms with Crippen LogP contribution < -0.4 is 9.46 Å². The SMILES string of the molecule is C=CCCS(=O)(=O)NC1(c2cccc(OCC3CC3)c2)CC1. The van der Waals surface area contributed by atoms with Crippen LogP contribution in [0.15, 0.2) is 36.9 Å². The minimum Gasteiger partial charge on any atom is -0.493 e. The second-order valence-corrected chi connectivity index (χ2v) is 8.20. The molecule has 2 aliphatic rings. The summed E-state index contributed by atoms with van der Waals surface area (Å²) in [4.78, 5) is 0. The highest BCUT2D eigenvalue weighted by atomic mass is 32.2. The Morgan fingerprint density at radius 1 is 1.36 bits per heavy atom. The summed E-state index contributed by atoms with van der Waals surface area (Å²) in [5, 5.41) is 0. The molecule has 0 saturated heterocycles. The van der Waals surface area contributed by atoms with E-state index in [4.69, 9.17) is 4.74 Å². The zero-order chi connectivity index (χ0) is 15.6. The lowest BCUT2D eigenvalue weighted by atomic mass is 10.1. The predicted molar refractivity (Wildman–Crippen MR) is 87.3 cm³/mol. The normalized spacial score (nSPS) is 19.6. The van der Waals surface area contributed by atoms with Gasteiger partial charge in [0.2, 0.25) is 10.0 Å². The van der Waals surface area contributed by atoms with Crippen molar-refractivity contribution in [3.63, 3.8) is 0 Å². The number of allylic oxidation sites excluding steroid dienone is 1. The summed E-state index contributed by atoms with van der Waals surface area (Å²) in [6, 6.07) is 7.84. The summed E-state index contributed by atoms with van der Waals surface area (Å²) < 4.78 is 32.9. The maximum absolute atomic E-state index is 12.1. The highest BCUT2D eigenvalue weighted by Crippen LogP contribution is 2.47. The number of sulfonamides is 1. The molecule has 2 saturated carbocycles. The fraction of sp³-hybridized carbons (Fsp3) is 0.529. The molecule has 0 atom stereocenters. The van der Waals surface area contributed by atoms with Gasteiger partial charge in [-0.05, 0) is 55.7 Å². The standard InChI is InChI=1S/C17H23NO3S/c1-2-3-11-22(19,20)18-17(9-10-17)15-5-4-6-16(12-15)21-13-14-7-8-14/h2,4-6,12,14,18H,1,3,7-11,13H2. The van der Waals surface area contributed by atoms with Crippen molar-refractivity contribution in [3.05, 3.63) is 42.5 Å². The number of rotatable bonds is 9. The lowest BCUT2D eigenvalue weighted by Gasteiger charge is -2.19. The van der Waals surface area contributed by atoms with Gasteiger partial charge in [0.15, 0.2) is 0 Å². The molecule has 0 radical (unpaired) electrons. The summed E-state index contributed by atoms with van der Waals surface area (Å²) in [6.07, 6.45) is 6.29. The molecule has 0 aliphatic heterocycles. The van der Waals surface area contributed by atoms with E-state index in [1.165, 1.54) is 12.8 Å². The van der Waals surface area contributed by atoms with Crippen molar-refractivity contribution in [3.8, 4) is 5.75 Å². The summed E-state index contributed by atoms with van der Waals surface area (Å²) in [5.41, 5.74) is 0.571. The Hall–Kier alpha value is -1.33. The molecule has 1 aromatic rings. The first kappa shape index (κ1) is 15.6. The quantitative estimate of drug-likeness (QED) is 0.712. The van der Waals surface area contributed by atoms with Gasteiger partial charge in [-0.2, -0.15) is 0 Å². The lowest BCUT2D eigenvalue weighted by Crippen LogP contribution is -2.36. The Morgan fingerprint density at radius 3 is 2.77 bits per heavy atom. The van der Waals surface area contributed by atoms with E-state index >= 15 is 0 Å². The van der Waals surface area contributed by atoms with E-state index in [1.54, 1.807) is 6.08 Å². The minimum absolute atomic E-state index is 0.0934. The van der Waals surface area contributed by atoms with E-state index in [-0.39, 0.29) is 5.75 Å². The second-order valence-electron chi connectivity index (χ2n) is 6.36. The van der Waals surface area contributed by atoms with Crippen molar-refractivity contribution < 1.29 is 13.2 Å². The molecular formula is C17H23NO3S. The van der Waals surface area contributed by atoms with Crippen molar-refractivity contribution in [2.45, 2.75) is 37.6 Å². The molecule has 120 valence electrons. The predicted octanol–water partition coefficient (Wildman–Crippen LogP) is 2.96. The summed E-state index contributed by atoms with van der Waals surface area (Å²) in [7, 11) is -3.28.